The van der Waals surface area contributed by atoms with E-state index in [0.717, 1.165) is 10.5 Å². The van der Waals surface area contributed by atoms with Crippen LogP contribution in [-0.2, 0) is 20.9 Å². The summed E-state index contributed by atoms with van der Waals surface area (Å²) in [5.74, 6) is -1.27. The summed E-state index contributed by atoms with van der Waals surface area (Å²) in [6.45, 7) is 6.50. The molecule has 0 aliphatic heterocycles. The Morgan fingerprint density at radius 2 is 1.83 bits per heavy atom. The molecule has 2 aromatic rings. The summed E-state index contributed by atoms with van der Waals surface area (Å²) in [4.78, 5) is 40.4. The Balaban J connectivity index is 2.41. The van der Waals surface area contributed by atoms with Gasteiger partial charge in [0.2, 0.25) is 11.8 Å². The Morgan fingerprint density at radius 3 is 2.39 bits per heavy atom. The van der Waals surface area contributed by atoms with E-state index in [0.29, 0.717) is 11.1 Å². The first-order chi connectivity index (χ1) is 17.0. The summed E-state index contributed by atoms with van der Waals surface area (Å²) in [5, 5.41) is 24.8. The third kappa shape index (κ3) is 8.20. The van der Waals surface area contributed by atoms with Crippen molar-refractivity contribution in [2.45, 2.75) is 51.9 Å². The first kappa shape index (κ1) is 28.5. The fourth-order valence-corrected chi connectivity index (χ4v) is 3.66. The van der Waals surface area contributed by atoms with Gasteiger partial charge in [0.1, 0.15) is 30.0 Å². The summed E-state index contributed by atoms with van der Waals surface area (Å²) in [6.07, 6.45) is -0.822. The number of amides is 3. The fourth-order valence-electron chi connectivity index (χ4n) is 3.41. The van der Waals surface area contributed by atoms with Crippen LogP contribution < -0.4 is 10.6 Å². The molecule has 2 aromatic carbocycles. The van der Waals surface area contributed by atoms with Crippen LogP contribution in [0.1, 0.15) is 43.5 Å². The molecular weight excluding hydrogens is 480 g/mol. The van der Waals surface area contributed by atoms with E-state index in [-0.39, 0.29) is 18.0 Å². The Bertz CT molecular complexity index is 1110. The standard InChI is InChI=1S/C26H32N4O5S/c1-17-14-19(10-11-21(17)31)22(23(32)28-15-18-8-6-5-7-9-18)30(13-12-27)24(33)20(16-36)29-25(34)35-26(2,3)4/h5-11,14,20,22,31,36H,13,15-16H2,1-4H3,(H,28,32)(H,29,34). The second kappa shape index (κ2) is 12.8. The van der Waals surface area contributed by atoms with Gasteiger partial charge in [-0.15, -0.1) is 0 Å². The first-order valence-corrected chi connectivity index (χ1v) is 12.0. The van der Waals surface area contributed by atoms with Gasteiger partial charge in [-0.2, -0.15) is 17.9 Å². The van der Waals surface area contributed by atoms with E-state index in [1.165, 1.54) is 12.1 Å². The summed E-state index contributed by atoms with van der Waals surface area (Å²) >= 11 is 4.20. The number of rotatable bonds is 9. The van der Waals surface area contributed by atoms with Gasteiger partial charge in [-0.25, -0.2) is 4.79 Å². The van der Waals surface area contributed by atoms with Crippen molar-refractivity contribution >= 4 is 30.5 Å². The zero-order valence-corrected chi connectivity index (χ0v) is 21.7. The van der Waals surface area contributed by atoms with Gasteiger partial charge in [0.15, 0.2) is 0 Å². The Hall–Kier alpha value is -3.71. The van der Waals surface area contributed by atoms with Gasteiger partial charge in [0, 0.05) is 12.3 Å². The number of hydrogen-bond acceptors (Lipinski definition) is 7. The van der Waals surface area contributed by atoms with E-state index in [2.05, 4.69) is 23.3 Å². The topological polar surface area (TPSA) is 132 Å². The lowest BCUT2D eigenvalue weighted by atomic mass is 10.0. The molecule has 0 heterocycles. The summed E-state index contributed by atoms with van der Waals surface area (Å²) < 4.78 is 5.24. The number of thiol groups is 1. The molecule has 0 fully saturated rings. The number of alkyl carbamates (subject to hydrolysis) is 1. The van der Waals surface area contributed by atoms with E-state index >= 15 is 0 Å². The molecular formula is C26H32N4O5S. The van der Waals surface area contributed by atoms with Crippen molar-refractivity contribution in [3.8, 4) is 11.8 Å². The molecule has 2 rings (SSSR count). The molecule has 0 saturated heterocycles. The molecule has 0 bridgehead atoms. The minimum Gasteiger partial charge on any atom is -0.508 e. The normalized spacial score (nSPS) is 12.6. The van der Waals surface area contributed by atoms with Gasteiger partial charge >= 0.3 is 6.09 Å². The van der Waals surface area contributed by atoms with E-state index in [1.807, 2.05) is 36.4 Å². The lowest BCUT2D eigenvalue weighted by Crippen LogP contribution is -2.53. The monoisotopic (exact) mass is 512 g/mol. The average Bonchev–Trinajstić information content (AvgIpc) is 2.82. The van der Waals surface area contributed by atoms with Gasteiger partial charge in [0.25, 0.3) is 0 Å². The van der Waals surface area contributed by atoms with Gasteiger partial charge in [-0.1, -0.05) is 36.4 Å². The van der Waals surface area contributed by atoms with Crippen LogP contribution >= 0.6 is 12.6 Å². The number of benzene rings is 2. The number of phenols is 1. The van der Waals surface area contributed by atoms with Crippen molar-refractivity contribution in [1.29, 1.82) is 5.26 Å². The minimum absolute atomic E-state index is 0.0279. The van der Waals surface area contributed by atoms with Crippen molar-refractivity contribution in [2.75, 3.05) is 12.3 Å². The van der Waals surface area contributed by atoms with Crippen LogP contribution in [0.5, 0.6) is 5.75 Å². The smallest absolute Gasteiger partial charge is 0.408 e. The lowest BCUT2D eigenvalue weighted by molar-refractivity contribution is -0.141. The molecule has 2 unspecified atom stereocenters. The molecule has 9 nitrogen and oxygen atoms in total. The van der Waals surface area contributed by atoms with E-state index in [9.17, 15) is 24.8 Å². The van der Waals surface area contributed by atoms with Crippen molar-refractivity contribution in [1.82, 2.24) is 15.5 Å². The lowest BCUT2D eigenvalue weighted by Gasteiger charge is -2.32. The predicted octanol–water partition coefficient (Wildman–Crippen LogP) is 3.23. The Kier molecular flexibility index (Phi) is 10.2. The van der Waals surface area contributed by atoms with Crippen molar-refractivity contribution < 1.29 is 24.2 Å². The average molecular weight is 513 g/mol. The second-order valence-corrected chi connectivity index (χ2v) is 9.52. The van der Waals surface area contributed by atoms with Crippen LogP contribution in [0.25, 0.3) is 0 Å². The van der Waals surface area contributed by atoms with E-state index in [4.69, 9.17) is 4.74 Å². The van der Waals surface area contributed by atoms with Gasteiger partial charge < -0.3 is 25.4 Å². The number of aromatic hydroxyl groups is 1. The number of aryl methyl sites for hydroxylation is 1. The molecule has 0 saturated carbocycles. The number of nitriles is 1. The van der Waals surface area contributed by atoms with Crippen molar-refractivity contribution in [3.63, 3.8) is 0 Å². The summed E-state index contributed by atoms with van der Waals surface area (Å²) in [7, 11) is 0. The first-order valence-electron chi connectivity index (χ1n) is 11.4. The highest BCUT2D eigenvalue weighted by Crippen LogP contribution is 2.27. The summed E-state index contributed by atoms with van der Waals surface area (Å²) in [5.41, 5.74) is 0.957. The van der Waals surface area contributed by atoms with E-state index in [1.54, 1.807) is 33.8 Å². The number of ether oxygens (including phenoxy) is 1. The number of carbonyl (C=O) groups excluding carboxylic acids is 3. The number of phenolic OH excluding ortho intramolecular Hbond substituents is 1. The predicted molar refractivity (Wildman–Crippen MR) is 138 cm³/mol. The second-order valence-electron chi connectivity index (χ2n) is 9.16. The van der Waals surface area contributed by atoms with Gasteiger partial charge in [0.05, 0.1) is 6.07 Å². The maximum Gasteiger partial charge on any atom is 0.408 e. The van der Waals surface area contributed by atoms with Crippen LogP contribution in [-0.4, -0.2) is 51.9 Å². The van der Waals surface area contributed by atoms with Crippen LogP contribution in [0.2, 0.25) is 0 Å². The number of hydrogen-bond donors (Lipinski definition) is 4. The molecule has 0 aliphatic carbocycles. The SMILES string of the molecule is Cc1cc(C(C(=O)NCc2ccccc2)N(CC#N)C(=O)C(CS)NC(=O)OC(C)(C)C)ccc1O. The molecule has 3 N–H and O–H groups in total. The highest BCUT2D eigenvalue weighted by molar-refractivity contribution is 7.80. The zero-order chi connectivity index (χ0) is 26.9. The van der Waals surface area contributed by atoms with Crippen LogP contribution in [0.3, 0.4) is 0 Å². The fraction of sp³-hybridized carbons (Fsp3) is 0.385. The minimum atomic E-state index is -1.21. The quantitative estimate of drug-likeness (QED) is 0.301. The van der Waals surface area contributed by atoms with Gasteiger partial charge in [-0.05, 0) is 56.5 Å². The molecule has 192 valence electrons. The molecule has 0 radical (unpaired) electrons. The third-order valence-electron chi connectivity index (χ3n) is 5.10. The largest absolute Gasteiger partial charge is 0.508 e. The molecule has 0 aromatic heterocycles. The highest BCUT2D eigenvalue weighted by atomic mass is 32.1. The molecule has 2 atom stereocenters. The maximum atomic E-state index is 13.5. The van der Waals surface area contributed by atoms with Crippen molar-refractivity contribution in [3.05, 3.63) is 65.2 Å². The zero-order valence-electron chi connectivity index (χ0n) is 20.8. The van der Waals surface area contributed by atoms with Crippen LogP contribution in [0.15, 0.2) is 48.5 Å². The van der Waals surface area contributed by atoms with Crippen LogP contribution in [0, 0.1) is 18.3 Å². The molecule has 36 heavy (non-hydrogen) atoms. The molecule has 0 aliphatic rings. The van der Waals surface area contributed by atoms with Crippen molar-refractivity contribution in [2.24, 2.45) is 0 Å². The molecule has 3 amide bonds. The van der Waals surface area contributed by atoms with Gasteiger partial charge in [-0.3, -0.25) is 9.59 Å². The molecule has 10 heteroatoms. The third-order valence-corrected chi connectivity index (χ3v) is 5.47. The van der Waals surface area contributed by atoms with Crippen LogP contribution in [0.4, 0.5) is 4.79 Å². The maximum absolute atomic E-state index is 13.5. The number of nitrogens with one attached hydrogen (secondary N) is 2. The van der Waals surface area contributed by atoms with E-state index < -0.39 is 42.1 Å². The highest BCUT2D eigenvalue weighted by Gasteiger charge is 2.36. The Labute approximate surface area is 216 Å². The number of nitrogens with zero attached hydrogens (tertiary/aromatic N) is 2. The molecule has 0 spiro atoms. The number of carbonyl (C=O) groups is 3. The summed E-state index contributed by atoms with van der Waals surface area (Å²) in [6, 6.07) is 13.3. The Morgan fingerprint density at radius 1 is 1.17 bits per heavy atom.